The first kappa shape index (κ1) is 12.2. The molecule has 2 heterocycles. The molecule has 1 N–H and O–H groups in total. The highest BCUT2D eigenvalue weighted by molar-refractivity contribution is 7.17. The van der Waals surface area contributed by atoms with Gasteiger partial charge in [0.15, 0.2) is 0 Å². The van der Waals surface area contributed by atoms with Gasteiger partial charge in [0.2, 0.25) is 0 Å². The van der Waals surface area contributed by atoms with Crippen molar-refractivity contribution in [2.75, 3.05) is 0 Å². The van der Waals surface area contributed by atoms with E-state index in [-0.39, 0.29) is 6.10 Å². The number of fused-ring (bicyclic) bond motifs is 1. The van der Waals surface area contributed by atoms with Crippen molar-refractivity contribution in [2.45, 2.75) is 51.6 Å². The molecule has 0 radical (unpaired) electrons. The van der Waals surface area contributed by atoms with Gasteiger partial charge >= 0.3 is 0 Å². The molecule has 18 heavy (non-hydrogen) atoms. The average molecular weight is 264 g/mol. The Morgan fingerprint density at radius 1 is 1.44 bits per heavy atom. The van der Waals surface area contributed by atoms with Gasteiger partial charge in [-0.25, -0.2) is 4.98 Å². The molecule has 1 fully saturated rings. The van der Waals surface area contributed by atoms with Crippen molar-refractivity contribution in [3.8, 4) is 0 Å². The minimum atomic E-state index is -0.316. The van der Waals surface area contributed by atoms with Gasteiger partial charge in [-0.15, -0.1) is 11.3 Å². The van der Waals surface area contributed by atoms with Gasteiger partial charge in [0.1, 0.15) is 11.2 Å². The van der Waals surface area contributed by atoms with Crippen LogP contribution >= 0.6 is 11.3 Å². The molecule has 0 amide bonds. The van der Waals surface area contributed by atoms with Gasteiger partial charge in [-0.2, -0.15) is 0 Å². The summed E-state index contributed by atoms with van der Waals surface area (Å²) >= 11 is 1.76. The minimum Gasteiger partial charge on any atom is -0.387 e. The van der Waals surface area contributed by atoms with Gasteiger partial charge in [-0.1, -0.05) is 26.2 Å². The molecule has 1 atom stereocenters. The Kier molecular flexibility index (Phi) is 3.39. The lowest BCUT2D eigenvalue weighted by atomic mass is 9.84. The molecule has 0 bridgehead atoms. The number of aromatic nitrogens is 2. The average Bonchev–Trinajstić information content (AvgIpc) is 2.98. The lowest BCUT2D eigenvalue weighted by molar-refractivity contribution is 0.0799. The summed E-state index contributed by atoms with van der Waals surface area (Å²) < 4.78 is 2.09. The first-order valence-corrected chi connectivity index (χ1v) is 7.74. The molecule has 0 aromatic carbocycles. The Morgan fingerprint density at radius 3 is 2.94 bits per heavy atom. The second-order valence-electron chi connectivity index (χ2n) is 5.21. The van der Waals surface area contributed by atoms with Crippen LogP contribution in [0.15, 0.2) is 12.5 Å². The Balaban J connectivity index is 1.97. The second kappa shape index (κ2) is 5.02. The number of thiazole rings is 1. The number of aryl methyl sites for hydroxylation is 1. The smallest absolute Gasteiger partial charge is 0.120 e. The van der Waals surface area contributed by atoms with Gasteiger partial charge in [0.05, 0.1) is 18.0 Å². The lowest BCUT2D eigenvalue weighted by Crippen LogP contribution is -2.18. The van der Waals surface area contributed by atoms with E-state index < -0.39 is 0 Å². The number of hydrogen-bond acceptors (Lipinski definition) is 3. The molecule has 98 valence electrons. The van der Waals surface area contributed by atoms with Gasteiger partial charge in [-0.3, -0.25) is 4.40 Å². The van der Waals surface area contributed by atoms with Gasteiger partial charge in [-0.05, 0) is 25.2 Å². The normalized spacial score (nSPS) is 19.4. The Bertz CT molecular complexity index is 525. The van der Waals surface area contributed by atoms with Crippen LogP contribution in [0.1, 0.15) is 55.7 Å². The van der Waals surface area contributed by atoms with E-state index >= 15 is 0 Å². The monoisotopic (exact) mass is 264 g/mol. The van der Waals surface area contributed by atoms with Crippen molar-refractivity contribution in [3.63, 3.8) is 0 Å². The molecule has 0 aliphatic heterocycles. The summed E-state index contributed by atoms with van der Waals surface area (Å²) in [7, 11) is 0. The van der Waals surface area contributed by atoms with E-state index in [0.29, 0.717) is 5.92 Å². The first-order chi connectivity index (χ1) is 8.81. The highest BCUT2D eigenvalue weighted by Crippen LogP contribution is 2.38. The molecule has 3 rings (SSSR count). The predicted octanol–water partition coefficient (Wildman–Crippen LogP) is 3.57. The van der Waals surface area contributed by atoms with Crippen molar-refractivity contribution in [3.05, 3.63) is 23.1 Å². The first-order valence-electron chi connectivity index (χ1n) is 6.93. The van der Waals surface area contributed by atoms with E-state index in [9.17, 15) is 5.11 Å². The second-order valence-corrected chi connectivity index (χ2v) is 6.32. The van der Waals surface area contributed by atoms with Crippen molar-refractivity contribution in [2.24, 2.45) is 5.92 Å². The highest BCUT2D eigenvalue weighted by atomic mass is 32.1. The number of nitrogens with zero attached hydrogens (tertiary/aromatic N) is 2. The van der Waals surface area contributed by atoms with Crippen molar-refractivity contribution in [1.29, 1.82) is 0 Å². The molecule has 0 spiro atoms. The third-order valence-corrected chi connectivity index (χ3v) is 5.33. The maximum Gasteiger partial charge on any atom is 0.120 e. The summed E-state index contributed by atoms with van der Waals surface area (Å²) in [6, 6.07) is 0. The molecule has 3 nitrogen and oxygen atoms in total. The van der Waals surface area contributed by atoms with Crippen LogP contribution < -0.4 is 0 Å². The minimum absolute atomic E-state index is 0.316. The van der Waals surface area contributed by atoms with Crippen LogP contribution in [-0.2, 0) is 6.42 Å². The maximum atomic E-state index is 10.7. The zero-order chi connectivity index (χ0) is 12.5. The van der Waals surface area contributed by atoms with E-state index in [1.807, 2.05) is 12.5 Å². The number of aliphatic hydroxyl groups excluding tert-OH is 1. The summed E-state index contributed by atoms with van der Waals surface area (Å²) in [4.78, 5) is 6.65. The van der Waals surface area contributed by atoms with Crippen LogP contribution in [0.25, 0.3) is 4.83 Å². The Hall–Kier alpha value is -0.870. The Labute approximate surface area is 111 Å². The van der Waals surface area contributed by atoms with Crippen LogP contribution in [0, 0.1) is 5.92 Å². The molecule has 0 saturated heterocycles. The number of imidazole rings is 1. The van der Waals surface area contributed by atoms with E-state index in [4.69, 9.17) is 0 Å². The van der Waals surface area contributed by atoms with Crippen LogP contribution in [0.2, 0.25) is 0 Å². The van der Waals surface area contributed by atoms with Gasteiger partial charge in [0.25, 0.3) is 0 Å². The fourth-order valence-electron chi connectivity index (χ4n) is 3.09. The van der Waals surface area contributed by atoms with Crippen LogP contribution in [-0.4, -0.2) is 14.5 Å². The molecular formula is C14H20N2OS. The van der Waals surface area contributed by atoms with Crippen LogP contribution in [0.3, 0.4) is 0 Å². The zero-order valence-corrected chi connectivity index (χ0v) is 11.6. The Morgan fingerprint density at radius 2 is 2.22 bits per heavy atom. The summed E-state index contributed by atoms with van der Waals surface area (Å²) in [5.41, 5.74) is 1.10. The van der Waals surface area contributed by atoms with E-state index in [2.05, 4.69) is 16.3 Å². The molecule has 1 aliphatic carbocycles. The highest BCUT2D eigenvalue weighted by Gasteiger charge is 2.27. The maximum absolute atomic E-state index is 10.7. The molecule has 1 saturated carbocycles. The molecule has 2 aromatic heterocycles. The van der Waals surface area contributed by atoms with Crippen LogP contribution in [0.5, 0.6) is 0 Å². The van der Waals surface area contributed by atoms with Crippen molar-refractivity contribution >= 4 is 16.2 Å². The lowest BCUT2D eigenvalue weighted by Gasteiger charge is -2.27. The van der Waals surface area contributed by atoms with Gasteiger partial charge in [0, 0.05) is 4.88 Å². The largest absolute Gasteiger partial charge is 0.387 e. The number of rotatable bonds is 3. The van der Waals surface area contributed by atoms with Gasteiger partial charge < -0.3 is 5.11 Å². The molecular weight excluding hydrogens is 244 g/mol. The zero-order valence-electron chi connectivity index (χ0n) is 10.8. The van der Waals surface area contributed by atoms with Crippen molar-refractivity contribution in [1.82, 2.24) is 9.38 Å². The molecule has 0 unspecified atom stereocenters. The third-order valence-electron chi connectivity index (χ3n) is 4.08. The summed E-state index contributed by atoms with van der Waals surface area (Å²) in [5.74, 6) is 0.434. The molecule has 1 aliphatic rings. The third kappa shape index (κ3) is 1.97. The summed E-state index contributed by atoms with van der Waals surface area (Å²) in [6.07, 6.45) is 10.6. The quantitative estimate of drug-likeness (QED) is 0.920. The molecule has 2 aromatic rings. The summed E-state index contributed by atoms with van der Waals surface area (Å²) in [6.45, 7) is 2.16. The fourth-order valence-corrected chi connectivity index (χ4v) is 4.16. The topological polar surface area (TPSA) is 37.5 Å². The SMILES string of the molecule is CCc1sc2cncn2c1[C@@H](O)C1CCCCC1. The number of hydrogen-bond donors (Lipinski definition) is 1. The van der Waals surface area contributed by atoms with Crippen LogP contribution in [0.4, 0.5) is 0 Å². The predicted molar refractivity (Wildman–Crippen MR) is 74.0 cm³/mol. The standard InChI is InChI=1S/C14H20N2OS/c1-2-11-13(16-9-15-8-12(16)18-11)14(17)10-6-4-3-5-7-10/h8-10,14,17H,2-7H2,1H3/t14-/m0/s1. The summed E-state index contributed by atoms with van der Waals surface area (Å²) in [5, 5.41) is 10.7. The van der Waals surface area contributed by atoms with E-state index in [1.165, 1.54) is 24.1 Å². The van der Waals surface area contributed by atoms with E-state index in [1.54, 1.807) is 11.3 Å². The fraction of sp³-hybridized carbons (Fsp3) is 0.643. The number of aliphatic hydroxyl groups is 1. The van der Waals surface area contributed by atoms with E-state index in [0.717, 1.165) is 29.8 Å². The van der Waals surface area contributed by atoms with Crippen molar-refractivity contribution < 1.29 is 5.11 Å². The molecule has 4 heteroatoms.